The number of piperidine rings is 1. The Kier molecular flexibility index (Phi) is 4.35. The van der Waals surface area contributed by atoms with Gasteiger partial charge >= 0.3 is 5.76 Å². The van der Waals surface area contributed by atoms with Crippen molar-refractivity contribution in [2.75, 3.05) is 13.1 Å². The van der Waals surface area contributed by atoms with Gasteiger partial charge in [-0.3, -0.25) is 14.3 Å². The van der Waals surface area contributed by atoms with Crippen molar-refractivity contribution in [2.24, 2.45) is 0 Å². The third-order valence-electron chi connectivity index (χ3n) is 4.32. The van der Waals surface area contributed by atoms with Crippen LogP contribution < -0.4 is 11.1 Å². The minimum absolute atomic E-state index is 0. The van der Waals surface area contributed by atoms with E-state index >= 15 is 0 Å². The van der Waals surface area contributed by atoms with Gasteiger partial charge in [0.15, 0.2) is 11.6 Å². The zero-order valence-electron chi connectivity index (χ0n) is 12.3. The van der Waals surface area contributed by atoms with Crippen LogP contribution in [-0.2, 0) is 0 Å². The number of rotatable bonds is 1. The lowest BCUT2D eigenvalue weighted by molar-refractivity contribution is 0.0955. The Morgan fingerprint density at radius 2 is 2.00 bits per heavy atom. The Balaban J connectivity index is 0.00000156. The van der Waals surface area contributed by atoms with Crippen LogP contribution in [0.4, 0.5) is 0 Å². The quantitative estimate of drug-likeness (QED) is 0.817. The van der Waals surface area contributed by atoms with E-state index < -0.39 is 5.76 Å². The molecule has 0 radical (unpaired) electrons. The molecule has 1 aromatic carbocycles. The Labute approximate surface area is 142 Å². The molecule has 2 aliphatic rings. The van der Waals surface area contributed by atoms with E-state index in [-0.39, 0.29) is 22.9 Å². The molecular formula is C15H16ClN3O3S. The first-order valence-corrected chi connectivity index (χ1v) is 8.10. The van der Waals surface area contributed by atoms with E-state index in [1.54, 1.807) is 6.07 Å². The fourth-order valence-electron chi connectivity index (χ4n) is 3.16. The van der Waals surface area contributed by atoms with Crippen LogP contribution in [-0.4, -0.2) is 33.8 Å². The lowest BCUT2D eigenvalue weighted by Gasteiger charge is -2.39. The van der Waals surface area contributed by atoms with Gasteiger partial charge in [0, 0.05) is 27.2 Å². The first-order chi connectivity index (χ1) is 10.7. The van der Waals surface area contributed by atoms with E-state index in [0.29, 0.717) is 17.8 Å². The number of carbonyl (C=O) groups is 1. The number of carbonyl (C=O) groups excluding carboxylic acids is 1. The van der Waals surface area contributed by atoms with Crippen LogP contribution in [0.2, 0.25) is 0 Å². The fourth-order valence-corrected chi connectivity index (χ4v) is 4.65. The van der Waals surface area contributed by atoms with Crippen LogP contribution in [0.3, 0.4) is 0 Å². The normalized spacial score (nSPS) is 19.2. The average molecular weight is 354 g/mol. The maximum absolute atomic E-state index is 12.6. The summed E-state index contributed by atoms with van der Waals surface area (Å²) in [5.41, 5.74) is 1.41. The molecule has 1 fully saturated rings. The first kappa shape index (κ1) is 16.3. The molecule has 23 heavy (non-hydrogen) atoms. The molecule has 0 amide bonds. The highest BCUT2D eigenvalue weighted by Crippen LogP contribution is 2.48. The van der Waals surface area contributed by atoms with Gasteiger partial charge in [-0.25, -0.2) is 4.79 Å². The Hall–Kier alpha value is -1.57. The number of hydrogen-bond donors (Lipinski definition) is 2. The predicted octanol–water partition coefficient (Wildman–Crippen LogP) is 2.25. The molecule has 0 unspecified atom stereocenters. The zero-order valence-corrected chi connectivity index (χ0v) is 13.9. The van der Waals surface area contributed by atoms with E-state index in [1.165, 1.54) is 0 Å². The van der Waals surface area contributed by atoms with E-state index in [1.807, 2.05) is 23.9 Å². The second-order valence-corrected chi connectivity index (χ2v) is 7.30. The smallest absolute Gasteiger partial charge is 0.317 e. The van der Waals surface area contributed by atoms with Crippen molar-refractivity contribution in [1.82, 2.24) is 15.5 Å². The van der Waals surface area contributed by atoms with Crippen molar-refractivity contribution in [2.45, 2.75) is 28.9 Å². The second kappa shape index (κ2) is 6.14. The predicted molar refractivity (Wildman–Crippen MR) is 89.4 cm³/mol. The molecule has 1 aromatic heterocycles. The molecule has 1 spiro atoms. The number of nitrogens with one attached hydrogen (secondary N) is 2. The van der Waals surface area contributed by atoms with Crippen molar-refractivity contribution in [3.8, 4) is 11.4 Å². The number of nitrogens with zero attached hydrogens (tertiary/aromatic N) is 1. The number of aromatic amines is 1. The summed E-state index contributed by atoms with van der Waals surface area (Å²) in [5, 5.41) is 7.02. The summed E-state index contributed by atoms with van der Waals surface area (Å²) in [4.78, 5) is 27.2. The lowest BCUT2D eigenvalue weighted by Crippen LogP contribution is -2.42. The van der Waals surface area contributed by atoms with E-state index in [9.17, 15) is 9.59 Å². The number of aromatic nitrogens is 2. The Morgan fingerprint density at radius 3 is 2.70 bits per heavy atom. The highest BCUT2D eigenvalue weighted by Gasteiger charge is 2.40. The molecular weight excluding hydrogens is 338 g/mol. The Bertz CT molecular complexity index is 795. The molecule has 0 bridgehead atoms. The van der Waals surface area contributed by atoms with Crippen molar-refractivity contribution < 1.29 is 9.32 Å². The van der Waals surface area contributed by atoms with Gasteiger partial charge in [0.05, 0.1) is 0 Å². The topological polar surface area (TPSA) is 88.0 Å². The maximum Gasteiger partial charge on any atom is 0.439 e. The highest BCUT2D eigenvalue weighted by molar-refractivity contribution is 8.01. The Morgan fingerprint density at radius 1 is 1.22 bits per heavy atom. The number of Topliss-reactive ketones (excluding diaryl/α,β-unsaturated/α-hetero) is 1. The SMILES string of the molecule is Cl.O=C1CC2(CCNCC2)Sc2ccc(-c3noc(=O)[nH]3)cc21. The number of halogens is 1. The molecule has 3 heterocycles. The molecule has 0 saturated carbocycles. The average Bonchev–Trinajstić information content (AvgIpc) is 2.94. The van der Waals surface area contributed by atoms with Gasteiger partial charge in [0.2, 0.25) is 0 Å². The van der Waals surface area contributed by atoms with Crippen LogP contribution >= 0.6 is 24.2 Å². The monoisotopic (exact) mass is 353 g/mol. The number of thioether (sulfide) groups is 1. The van der Waals surface area contributed by atoms with Crippen molar-refractivity contribution in [3.05, 3.63) is 34.3 Å². The summed E-state index contributed by atoms with van der Waals surface area (Å²) in [6, 6.07) is 5.61. The van der Waals surface area contributed by atoms with Gasteiger partial charge in [-0.1, -0.05) is 5.16 Å². The largest absolute Gasteiger partial charge is 0.439 e. The fraction of sp³-hybridized carbons (Fsp3) is 0.400. The standard InChI is InChI=1S/C15H15N3O3S.ClH/c19-11-8-15(3-5-16-6-4-15)22-12-2-1-9(7-10(11)12)13-17-14(20)21-18-13;/h1-2,7,16H,3-6,8H2,(H,17,18,20);1H. The zero-order chi connectivity index (χ0) is 15.2. The molecule has 0 aliphatic carbocycles. The van der Waals surface area contributed by atoms with Gasteiger partial charge in [0.1, 0.15) is 0 Å². The van der Waals surface area contributed by atoms with Crippen molar-refractivity contribution in [1.29, 1.82) is 0 Å². The molecule has 4 rings (SSSR count). The van der Waals surface area contributed by atoms with E-state index in [2.05, 4.69) is 20.0 Å². The van der Waals surface area contributed by atoms with Crippen LogP contribution in [0.5, 0.6) is 0 Å². The molecule has 2 N–H and O–H groups in total. The third-order valence-corrected chi connectivity index (χ3v) is 5.88. The molecule has 1 saturated heterocycles. The number of H-pyrrole nitrogens is 1. The van der Waals surface area contributed by atoms with E-state index in [0.717, 1.165) is 36.4 Å². The summed E-state index contributed by atoms with van der Waals surface area (Å²) >= 11 is 1.82. The summed E-state index contributed by atoms with van der Waals surface area (Å²) in [6.07, 6.45) is 2.60. The van der Waals surface area contributed by atoms with Gasteiger partial charge in [-0.05, 0) is 44.1 Å². The summed E-state index contributed by atoms with van der Waals surface area (Å²) < 4.78 is 4.56. The molecule has 122 valence electrons. The summed E-state index contributed by atoms with van der Waals surface area (Å²) in [6.45, 7) is 1.93. The van der Waals surface area contributed by atoms with E-state index in [4.69, 9.17) is 0 Å². The summed E-state index contributed by atoms with van der Waals surface area (Å²) in [5.74, 6) is -0.0711. The minimum atomic E-state index is -0.595. The molecule has 8 heteroatoms. The molecule has 6 nitrogen and oxygen atoms in total. The maximum atomic E-state index is 12.6. The lowest BCUT2D eigenvalue weighted by atomic mass is 9.88. The number of ketones is 1. The minimum Gasteiger partial charge on any atom is -0.317 e. The first-order valence-electron chi connectivity index (χ1n) is 7.29. The van der Waals surface area contributed by atoms with Gasteiger partial charge in [0.25, 0.3) is 0 Å². The van der Waals surface area contributed by atoms with Crippen molar-refractivity contribution >= 4 is 30.0 Å². The molecule has 0 atom stereocenters. The second-order valence-electron chi connectivity index (χ2n) is 5.79. The van der Waals surface area contributed by atoms with Gasteiger partial charge in [-0.15, -0.1) is 24.2 Å². The molecule has 2 aromatic rings. The third kappa shape index (κ3) is 2.96. The van der Waals surface area contributed by atoms with Crippen LogP contribution in [0.15, 0.2) is 32.4 Å². The molecule has 2 aliphatic heterocycles. The summed E-state index contributed by atoms with van der Waals surface area (Å²) in [7, 11) is 0. The van der Waals surface area contributed by atoms with Crippen molar-refractivity contribution in [3.63, 3.8) is 0 Å². The number of hydrogen-bond acceptors (Lipinski definition) is 6. The number of benzene rings is 1. The van der Waals surface area contributed by atoms with Gasteiger partial charge < -0.3 is 5.32 Å². The highest BCUT2D eigenvalue weighted by atomic mass is 35.5. The van der Waals surface area contributed by atoms with Crippen LogP contribution in [0.25, 0.3) is 11.4 Å². The van der Waals surface area contributed by atoms with Gasteiger partial charge in [-0.2, -0.15) is 0 Å². The van der Waals surface area contributed by atoms with Crippen LogP contribution in [0.1, 0.15) is 29.6 Å². The number of fused-ring (bicyclic) bond motifs is 1. The van der Waals surface area contributed by atoms with Crippen LogP contribution in [0, 0.1) is 0 Å².